The van der Waals surface area contributed by atoms with Gasteiger partial charge in [-0.15, -0.1) is 0 Å². The molecule has 2 saturated carbocycles. The van der Waals surface area contributed by atoms with Gasteiger partial charge in [0.05, 0.1) is 5.41 Å². The molecular formula is C30H36ClNO7. The quantitative estimate of drug-likeness (QED) is 0.418. The number of aliphatic hydroxyl groups excluding tert-OH is 1. The Bertz CT molecular complexity index is 1290. The van der Waals surface area contributed by atoms with E-state index in [0.717, 1.165) is 0 Å². The summed E-state index contributed by atoms with van der Waals surface area (Å²) in [4.78, 5) is 40.9. The molecule has 210 valence electrons. The van der Waals surface area contributed by atoms with Gasteiger partial charge in [-0.2, -0.15) is 0 Å². The van der Waals surface area contributed by atoms with Crippen LogP contribution in [0.2, 0.25) is 5.02 Å². The van der Waals surface area contributed by atoms with Gasteiger partial charge in [0.25, 0.3) is 0 Å². The summed E-state index contributed by atoms with van der Waals surface area (Å²) < 4.78 is 11.2. The van der Waals surface area contributed by atoms with Crippen LogP contribution < -0.4 is 4.90 Å². The average Bonchev–Trinajstić information content (AvgIpc) is 3.36. The zero-order chi connectivity index (χ0) is 28.7. The van der Waals surface area contributed by atoms with Crippen molar-refractivity contribution in [2.45, 2.75) is 58.8 Å². The molecule has 0 saturated heterocycles. The van der Waals surface area contributed by atoms with Crippen LogP contribution in [0.5, 0.6) is 0 Å². The molecule has 2 N–H and O–H groups in total. The molecule has 2 bridgehead atoms. The van der Waals surface area contributed by atoms with Crippen molar-refractivity contribution in [2.24, 2.45) is 34.5 Å². The zero-order valence-corrected chi connectivity index (χ0v) is 23.9. The fraction of sp³-hybridized carbons (Fsp3) is 0.567. The first-order chi connectivity index (χ1) is 18.2. The van der Waals surface area contributed by atoms with Crippen LogP contribution in [0.4, 0.5) is 10.5 Å². The molecule has 1 unspecified atom stereocenters. The Morgan fingerprint density at radius 1 is 1.21 bits per heavy atom. The zero-order valence-electron chi connectivity index (χ0n) is 23.1. The molecule has 1 amide bonds. The molecule has 0 heterocycles. The molecule has 1 aromatic rings. The van der Waals surface area contributed by atoms with E-state index in [1.165, 1.54) is 18.9 Å². The van der Waals surface area contributed by atoms with Gasteiger partial charge in [0.15, 0.2) is 17.5 Å². The maximum atomic E-state index is 14.6. The number of esters is 1. The fourth-order valence-electron chi connectivity index (χ4n) is 7.72. The molecule has 0 aliphatic heterocycles. The van der Waals surface area contributed by atoms with Gasteiger partial charge in [-0.1, -0.05) is 44.5 Å². The number of halogens is 1. The monoisotopic (exact) mass is 557 g/mol. The molecule has 0 aromatic heterocycles. The normalized spacial score (nSPS) is 37.8. The van der Waals surface area contributed by atoms with E-state index in [1.807, 2.05) is 6.92 Å². The van der Waals surface area contributed by atoms with Crippen molar-refractivity contribution >= 4 is 35.1 Å². The standard InChI is InChI=1S/C30H36ClNO7/c1-15-13-29-16(2)11-22-23(28(22,4)5)21(25(29)35)12-18(14-38-17(3)33)24(34)30(29,37)26(15)39-27(36)32(6)20-9-7-19(31)8-10-20/h7-10,12-13,16,21-24,26,34,37H,11,14H2,1-6H3/t16-,21+,22-,23+,24-,26+,29?,30+/m1/s1. The lowest BCUT2D eigenvalue weighted by Gasteiger charge is -2.49. The van der Waals surface area contributed by atoms with Gasteiger partial charge < -0.3 is 19.7 Å². The van der Waals surface area contributed by atoms with Crippen molar-refractivity contribution in [3.8, 4) is 0 Å². The Labute approximate surface area is 233 Å². The second-order valence-electron chi connectivity index (χ2n) is 12.3. The van der Waals surface area contributed by atoms with E-state index in [9.17, 15) is 24.6 Å². The predicted octanol–water partition coefficient (Wildman–Crippen LogP) is 4.32. The first-order valence-corrected chi connectivity index (χ1v) is 13.7. The number of carbonyl (C=O) groups excluding carboxylic acids is 3. The Morgan fingerprint density at radius 3 is 2.46 bits per heavy atom. The predicted molar refractivity (Wildman–Crippen MR) is 145 cm³/mol. The summed E-state index contributed by atoms with van der Waals surface area (Å²) in [5, 5.41) is 25.0. The number of ketones is 1. The van der Waals surface area contributed by atoms with E-state index in [2.05, 4.69) is 13.8 Å². The van der Waals surface area contributed by atoms with E-state index < -0.39 is 41.2 Å². The topological polar surface area (TPSA) is 113 Å². The maximum absolute atomic E-state index is 14.6. The van der Waals surface area contributed by atoms with Crippen LogP contribution in [-0.4, -0.2) is 59.5 Å². The molecule has 2 fully saturated rings. The summed E-state index contributed by atoms with van der Waals surface area (Å²) in [7, 11) is 1.53. The third-order valence-electron chi connectivity index (χ3n) is 9.86. The molecule has 39 heavy (non-hydrogen) atoms. The van der Waals surface area contributed by atoms with Crippen LogP contribution in [0.25, 0.3) is 0 Å². The number of allylic oxidation sites excluding steroid dienone is 1. The molecule has 1 aromatic carbocycles. The SMILES string of the molecule is CC(=O)OCC1=C[C@@H]2C(=O)C3(C=C(C)[C@H](OC(=O)N(C)c4ccc(Cl)cc4)[C@@]3(O)[C@@H]1O)[C@H](C)C[C@@H]1[C@H]2C1(C)C. The average molecular weight is 558 g/mol. The summed E-state index contributed by atoms with van der Waals surface area (Å²) >= 11 is 5.99. The van der Waals surface area contributed by atoms with Crippen molar-refractivity contribution < 1.29 is 34.1 Å². The third-order valence-corrected chi connectivity index (χ3v) is 10.1. The smallest absolute Gasteiger partial charge is 0.414 e. The van der Waals surface area contributed by atoms with Crippen molar-refractivity contribution in [2.75, 3.05) is 18.6 Å². The van der Waals surface area contributed by atoms with Crippen LogP contribution in [-0.2, 0) is 19.1 Å². The summed E-state index contributed by atoms with van der Waals surface area (Å²) in [6, 6.07) is 6.61. The van der Waals surface area contributed by atoms with Gasteiger partial charge in [-0.3, -0.25) is 14.5 Å². The van der Waals surface area contributed by atoms with Crippen molar-refractivity contribution in [3.05, 3.63) is 52.6 Å². The maximum Gasteiger partial charge on any atom is 0.414 e. The number of carbonyl (C=O) groups is 3. The highest BCUT2D eigenvalue weighted by molar-refractivity contribution is 6.30. The minimum Gasteiger partial charge on any atom is -0.461 e. The Kier molecular flexibility index (Phi) is 6.56. The summed E-state index contributed by atoms with van der Waals surface area (Å²) in [6.45, 7) is 8.88. The van der Waals surface area contributed by atoms with Crippen LogP contribution in [0.15, 0.2) is 47.6 Å². The molecule has 5 rings (SSSR count). The lowest BCUT2D eigenvalue weighted by molar-refractivity contribution is -0.190. The van der Waals surface area contributed by atoms with E-state index in [1.54, 1.807) is 43.3 Å². The number of amides is 1. The van der Waals surface area contributed by atoms with Gasteiger partial charge in [-0.05, 0) is 71.9 Å². The van der Waals surface area contributed by atoms with Crippen molar-refractivity contribution in [3.63, 3.8) is 0 Å². The highest BCUT2D eigenvalue weighted by Crippen LogP contribution is 2.71. The number of aliphatic hydroxyl groups is 2. The Hall–Kier alpha value is -2.68. The number of nitrogens with zero attached hydrogens (tertiary/aromatic N) is 1. The third kappa shape index (κ3) is 3.90. The lowest BCUT2D eigenvalue weighted by Crippen LogP contribution is -2.66. The van der Waals surface area contributed by atoms with E-state index in [-0.39, 0.29) is 41.1 Å². The number of ether oxygens (including phenoxy) is 2. The highest BCUT2D eigenvalue weighted by Gasteiger charge is 2.76. The lowest BCUT2D eigenvalue weighted by atomic mass is 9.59. The number of Topliss-reactive ketones (excluding diaryl/α,β-unsaturated/α-hetero) is 1. The van der Waals surface area contributed by atoms with Crippen LogP contribution in [0, 0.1) is 34.5 Å². The van der Waals surface area contributed by atoms with Crippen molar-refractivity contribution in [1.82, 2.24) is 0 Å². The molecular weight excluding hydrogens is 522 g/mol. The molecule has 0 radical (unpaired) electrons. The first-order valence-electron chi connectivity index (χ1n) is 13.4. The van der Waals surface area contributed by atoms with Gasteiger partial charge in [0, 0.05) is 30.6 Å². The van der Waals surface area contributed by atoms with Gasteiger partial charge in [0.1, 0.15) is 12.7 Å². The number of hydrogen-bond acceptors (Lipinski definition) is 7. The van der Waals surface area contributed by atoms with Gasteiger partial charge >= 0.3 is 12.1 Å². The molecule has 1 spiro atoms. The first kappa shape index (κ1) is 27.9. The molecule has 9 heteroatoms. The second-order valence-corrected chi connectivity index (χ2v) is 12.7. The minimum absolute atomic E-state index is 0.0278. The Morgan fingerprint density at radius 2 is 1.85 bits per heavy atom. The molecule has 8 nitrogen and oxygen atoms in total. The number of rotatable bonds is 4. The van der Waals surface area contributed by atoms with E-state index in [0.29, 0.717) is 22.7 Å². The number of hydrogen-bond donors (Lipinski definition) is 2. The largest absolute Gasteiger partial charge is 0.461 e. The number of benzene rings is 1. The van der Waals surface area contributed by atoms with E-state index >= 15 is 0 Å². The van der Waals surface area contributed by atoms with Gasteiger partial charge in [0.2, 0.25) is 0 Å². The van der Waals surface area contributed by atoms with E-state index in [4.69, 9.17) is 21.1 Å². The second kappa shape index (κ2) is 9.18. The number of fused-ring (bicyclic) bond motifs is 3. The van der Waals surface area contributed by atoms with Crippen LogP contribution >= 0.6 is 11.6 Å². The number of anilines is 1. The van der Waals surface area contributed by atoms with Crippen LogP contribution in [0.1, 0.15) is 41.0 Å². The fourth-order valence-corrected chi connectivity index (χ4v) is 7.84. The summed E-state index contributed by atoms with van der Waals surface area (Å²) in [6.07, 6.45) is 0.382. The molecule has 8 atom stereocenters. The summed E-state index contributed by atoms with van der Waals surface area (Å²) in [5.74, 6) is -1.40. The Balaban J connectivity index is 1.59. The molecule has 4 aliphatic rings. The molecule has 4 aliphatic carbocycles. The minimum atomic E-state index is -2.20. The van der Waals surface area contributed by atoms with Crippen molar-refractivity contribution in [1.29, 1.82) is 0 Å². The highest BCUT2D eigenvalue weighted by atomic mass is 35.5. The van der Waals surface area contributed by atoms with Crippen LogP contribution in [0.3, 0.4) is 0 Å². The summed E-state index contributed by atoms with van der Waals surface area (Å²) in [5.41, 5.74) is -2.55. The van der Waals surface area contributed by atoms with Gasteiger partial charge in [-0.25, -0.2) is 4.79 Å².